The van der Waals surface area contributed by atoms with Gasteiger partial charge < -0.3 is 10.4 Å². The maximum Gasteiger partial charge on any atom is 0.276 e. The summed E-state index contributed by atoms with van der Waals surface area (Å²) in [4.78, 5) is 13.0. The van der Waals surface area contributed by atoms with Crippen molar-refractivity contribution >= 4 is 29.3 Å². The van der Waals surface area contributed by atoms with Crippen molar-refractivity contribution in [3.63, 3.8) is 0 Å². The fourth-order valence-corrected chi connectivity index (χ4v) is 1.58. The third kappa shape index (κ3) is 1.77. The lowest BCUT2D eigenvalue weighted by molar-refractivity contribution is -0.121. The number of carbonyl (C=O) groups excluding carboxylic acids is 1. The van der Waals surface area contributed by atoms with Crippen LogP contribution in [0.15, 0.2) is 30.0 Å². The number of hydrogen-bond acceptors (Lipinski definition) is 3. The molecule has 0 atom stereocenters. The molecule has 82 valence electrons. The molecule has 1 aromatic carbocycles. The van der Waals surface area contributed by atoms with Gasteiger partial charge in [-0.3, -0.25) is 9.69 Å². The summed E-state index contributed by atoms with van der Waals surface area (Å²) in [6, 6.07) is 6.79. The summed E-state index contributed by atoms with van der Waals surface area (Å²) >= 11 is 4.94. The predicted octanol–water partition coefficient (Wildman–Crippen LogP) is 1.08. The first-order chi connectivity index (χ1) is 7.59. The van der Waals surface area contributed by atoms with Gasteiger partial charge in [-0.2, -0.15) is 0 Å². The second kappa shape index (κ2) is 3.94. The van der Waals surface area contributed by atoms with Crippen LogP contribution < -0.4 is 5.32 Å². The van der Waals surface area contributed by atoms with Gasteiger partial charge in [-0.15, -0.1) is 0 Å². The van der Waals surface area contributed by atoms with Crippen LogP contribution in [0.4, 0.5) is 0 Å². The number of rotatable bonds is 1. The molecule has 1 aliphatic rings. The second-order valence-corrected chi connectivity index (χ2v) is 3.80. The standard InChI is InChI=1S/C11H10N2O2S/c1-13-10(15)8(12-11(13)16)6-7-4-2-3-5-9(7)14/h2-6,14H,1H3,(H,12,16)/b8-6+. The number of amides is 1. The van der Waals surface area contributed by atoms with Gasteiger partial charge >= 0.3 is 0 Å². The summed E-state index contributed by atoms with van der Waals surface area (Å²) in [5.41, 5.74) is 0.949. The van der Waals surface area contributed by atoms with Crippen LogP contribution in [0.25, 0.3) is 6.08 Å². The Morgan fingerprint density at radius 1 is 1.44 bits per heavy atom. The van der Waals surface area contributed by atoms with E-state index in [1.807, 2.05) is 0 Å². The Morgan fingerprint density at radius 3 is 2.69 bits per heavy atom. The van der Waals surface area contributed by atoms with Crippen molar-refractivity contribution in [2.45, 2.75) is 0 Å². The van der Waals surface area contributed by atoms with Crippen molar-refractivity contribution in [2.75, 3.05) is 7.05 Å². The summed E-state index contributed by atoms with van der Waals surface area (Å²) in [6.45, 7) is 0. The van der Waals surface area contributed by atoms with E-state index in [0.717, 1.165) is 0 Å². The van der Waals surface area contributed by atoms with Crippen molar-refractivity contribution in [1.82, 2.24) is 10.2 Å². The number of carbonyl (C=O) groups is 1. The lowest BCUT2D eigenvalue weighted by atomic mass is 10.1. The van der Waals surface area contributed by atoms with E-state index >= 15 is 0 Å². The number of nitrogens with one attached hydrogen (secondary N) is 1. The summed E-state index contributed by atoms with van der Waals surface area (Å²) in [6.07, 6.45) is 1.58. The molecule has 1 saturated heterocycles. The molecular formula is C11H10N2O2S. The van der Waals surface area contributed by atoms with E-state index in [0.29, 0.717) is 16.4 Å². The zero-order valence-corrected chi connectivity index (χ0v) is 9.41. The van der Waals surface area contributed by atoms with Gasteiger partial charge in [0.05, 0.1) is 0 Å². The fraction of sp³-hybridized carbons (Fsp3) is 0.0909. The average molecular weight is 234 g/mol. The molecule has 0 aliphatic carbocycles. The number of likely N-dealkylation sites (N-methyl/N-ethyl adjacent to an activating group) is 1. The molecule has 0 aromatic heterocycles. The van der Waals surface area contributed by atoms with E-state index in [2.05, 4.69) is 5.32 Å². The van der Waals surface area contributed by atoms with Gasteiger partial charge in [-0.25, -0.2) is 0 Å². The van der Waals surface area contributed by atoms with Crippen LogP contribution >= 0.6 is 12.2 Å². The van der Waals surface area contributed by atoms with Crippen molar-refractivity contribution in [2.24, 2.45) is 0 Å². The number of phenolic OH excluding ortho intramolecular Hbond substituents is 1. The molecule has 1 amide bonds. The zero-order valence-electron chi connectivity index (χ0n) is 8.60. The first kappa shape index (κ1) is 10.6. The van der Waals surface area contributed by atoms with Crippen LogP contribution in [0.1, 0.15) is 5.56 Å². The molecular weight excluding hydrogens is 224 g/mol. The first-order valence-corrected chi connectivity index (χ1v) is 5.09. The molecule has 0 unspecified atom stereocenters. The third-order valence-corrected chi connectivity index (χ3v) is 2.69. The fourth-order valence-electron chi connectivity index (χ4n) is 1.39. The van der Waals surface area contributed by atoms with E-state index in [1.165, 1.54) is 4.90 Å². The van der Waals surface area contributed by atoms with Gasteiger partial charge in [0.25, 0.3) is 5.91 Å². The van der Waals surface area contributed by atoms with Crippen LogP contribution in [0, 0.1) is 0 Å². The highest BCUT2D eigenvalue weighted by atomic mass is 32.1. The zero-order chi connectivity index (χ0) is 11.7. The highest BCUT2D eigenvalue weighted by Crippen LogP contribution is 2.20. The van der Waals surface area contributed by atoms with Crippen LogP contribution in [0.3, 0.4) is 0 Å². The molecule has 0 spiro atoms. The molecule has 1 aromatic rings. The smallest absolute Gasteiger partial charge is 0.276 e. The Kier molecular flexibility index (Phi) is 2.62. The number of nitrogens with zero attached hydrogens (tertiary/aromatic N) is 1. The third-order valence-electron chi connectivity index (χ3n) is 2.32. The Morgan fingerprint density at radius 2 is 2.12 bits per heavy atom. The normalized spacial score (nSPS) is 18.1. The number of hydrogen-bond donors (Lipinski definition) is 2. The minimum absolute atomic E-state index is 0.130. The molecule has 16 heavy (non-hydrogen) atoms. The number of para-hydroxylation sites is 1. The quantitative estimate of drug-likeness (QED) is 0.564. The molecule has 1 aliphatic heterocycles. The van der Waals surface area contributed by atoms with E-state index in [-0.39, 0.29) is 11.7 Å². The van der Waals surface area contributed by atoms with E-state index in [9.17, 15) is 9.90 Å². The monoisotopic (exact) mass is 234 g/mol. The molecule has 5 heteroatoms. The number of thiocarbonyl (C=S) groups is 1. The summed E-state index contributed by atoms with van der Waals surface area (Å²) < 4.78 is 0. The topological polar surface area (TPSA) is 52.6 Å². The first-order valence-electron chi connectivity index (χ1n) is 4.68. The minimum Gasteiger partial charge on any atom is -0.507 e. The Balaban J connectivity index is 2.37. The highest BCUT2D eigenvalue weighted by Gasteiger charge is 2.27. The molecule has 2 N–H and O–H groups in total. The van der Waals surface area contributed by atoms with Gasteiger partial charge in [0.2, 0.25) is 0 Å². The SMILES string of the molecule is CN1C(=O)/C(=C\c2ccccc2O)NC1=S. The largest absolute Gasteiger partial charge is 0.507 e. The predicted molar refractivity (Wildman–Crippen MR) is 64.6 cm³/mol. The molecule has 1 fully saturated rings. The van der Waals surface area contributed by atoms with Crippen molar-refractivity contribution < 1.29 is 9.90 Å². The van der Waals surface area contributed by atoms with Crippen LogP contribution in [-0.4, -0.2) is 28.1 Å². The summed E-state index contributed by atoms with van der Waals surface area (Å²) in [5, 5.41) is 12.7. The van der Waals surface area contributed by atoms with Gasteiger partial charge in [-0.05, 0) is 24.4 Å². The average Bonchev–Trinajstić information content (AvgIpc) is 2.50. The van der Waals surface area contributed by atoms with E-state index < -0.39 is 0 Å². The highest BCUT2D eigenvalue weighted by molar-refractivity contribution is 7.80. The molecule has 0 radical (unpaired) electrons. The molecule has 0 bridgehead atoms. The van der Waals surface area contributed by atoms with Crippen LogP contribution in [0.2, 0.25) is 0 Å². The summed E-state index contributed by atoms with van der Waals surface area (Å²) in [5.74, 6) is -0.0710. The number of phenols is 1. The van der Waals surface area contributed by atoms with Crippen molar-refractivity contribution in [3.8, 4) is 5.75 Å². The van der Waals surface area contributed by atoms with E-state index in [1.54, 1.807) is 37.4 Å². The molecule has 2 rings (SSSR count). The lowest BCUT2D eigenvalue weighted by Crippen LogP contribution is -2.25. The van der Waals surface area contributed by atoms with Crippen LogP contribution in [-0.2, 0) is 4.79 Å². The van der Waals surface area contributed by atoms with Gasteiger partial charge in [-0.1, -0.05) is 18.2 Å². The Labute approximate surface area is 98.2 Å². The molecule has 0 saturated carbocycles. The van der Waals surface area contributed by atoms with Crippen LogP contribution in [0.5, 0.6) is 5.75 Å². The van der Waals surface area contributed by atoms with Gasteiger partial charge in [0, 0.05) is 12.6 Å². The van der Waals surface area contributed by atoms with Gasteiger partial charge in [0.1, 0.15) is 11.4 Å². The Hall–Kier alpha value is -1.88. The minimum atomic E-state index is -0.201. The molecule has 4 nitrogen and oxygen atoms in total. The van der Waals surface area contributed by atoms with Crippen molar-refractivity contribution in [1.29, 1.82) is 0 Å². The maximum absolute atomic E-state index is 11.7. The Bertz CT molecular complexity index is 497. The lowest BCUT2D eigenvalue weighted by Gasteiger charge is -2.02. The number of benzene rings is 1. The maximum atomic E-state index is 11.7. The summed E-state index contributed by atoms with van der Waals surface area (Å²) in [7, 11) is 1.60. The van der Waals surface area contributed by atoms with E-state index in [4.69, 9.17) is 12.2 Å². The number of aromatic hydroxyl groups is 1. The van der Waals surface area contributed by atoms with Gasteiger partial charge in [0.15, 0.2) is 5.11 Å². The van der Waals surface area contributed by atoms with Crippen molar-refractivity contribution in [3.05, 3.63) is 35.5 Å². The second-order valence-electron chi connectivity index (χ2n) is 3.41. The molecule has 1 heterocycles.